The van der Waals surface area contributed by atoms with Crippen molar-refractivity contribution in [2.45, 2.75) is 32.7 Å². The van der Waals surface area contributed by atoms with E-state index in [1.54, 1.807) is 31.4 Å². The van der Waals surface area contributed by atoms with Crippen LogP contribution in [0.4, 0.5) is 16.2 Å². The zero-order chi connectivity index (χ0) is 21.7. The van der Waals surface area contributed by atoms with Gasteiger partial charge in [-0.3, -0.25) is 0 Å². The van der Waals surface area contributed by atoms with Crippen LogP contribution in [-0.2, 0) is 16.7 Å². The number of urea groups is 1. The van der Waals surface area contributed by atoms with Crippen LogP contribution in [-0.4, -0.2) is 39.5 Å². The average molecular weight is 410 g/mol. The molecule has 0 radical (unpaired) electrons. The Bertz CT molecular complexity index is 1050. The lowest BCUT2D eigenvalue weighted by Gasteiger charge is -2.19. The molecule has 0 atom stereocenters. The van der Waals surface area contributed by atoms with Gasteiger partial charge in [-0.25, -0.2) is 9.59 Å². The van der Waals surface area contributed by atoms with Crippen molar-refractivity contribution in [1.82, 2.24) is 19.8 Å². The molecule has 2 aromatic carbocycles. The lowest BCUT2D eigenvalue weighted by atomic mass is 9.87. The molecule has 9 heteroatoms. The minimum absolute atomic E-state index is 0.0552. The minimum Gasteiger partial charge on any atom is -0.383 e. The van der Waals surface area contributed by atoms with Gasteiger partial charge in [0, 0.05) is 18.5 Å². The summed E-state index contributed by atoms with van der Waals surface area (Å²) in [4.78, 5) is 24.6. The summed E-state index contributed by atoms with van der Waals surface area (Å²) in [5.74, 6) is 0. The number of carbonyl (C=O) groups excluding carboxylic acids is 1. The first-order valence-corrected chi connectivity index (χ1v) is 9.58. The van der Waals surface area contributed by atoms with Gasteiger partial charge in [0.1, 0.15) is 0 Å². The molecular formula is C21H26N6O3. The molecule has 9 nitrogen and oxygen atoms in total. The molecular weight excluding hydrogens is 384 g/mol. The monoisotopic (exact) mass is 410 g/mol. The van der Waals surface area contributed by atoms with Gasteiger partial charge in [-0.1, -0.05) is 32.9 Å². The highest BCUT2D eigenvalue weighted by Crippen LogP contribution is 2.23. The number of aromatic nitrogens is 4. The standard InChI is InChI=1S/C21H26N6O3/c1-21(2,3)15-5-7-16(8-6-15)22-19(28)23-17-9-11-18(12-10-17)27-20(29)26(24-25-27)13-14-30-4/h5-12H,13-14H2,1-4H3,(H2,22,23,28). The number of tetrazole rings is 1. The normalized spacial score (nSPS) is 11.3. The highest BCUT2D eigenvalue weighted by molar-refractivity contribution is 5.99. The Labute approximate surface area is 174 Å². The summed E-state index contributed by atoms with van der Waals surface area (Å²) in [6.07, 6.45) is 0. The maximum atomic E-state index is 12.3. The zero-order valence-corrected chi connectivity index (χ0v) is 17.5. The fraction of sp³-hybridized carbons (Fsp3) is 0.333. The quantitative estimate of drug-likeness (QED) is 0.650. The highest BCUT2D eigenvalue weighted by Gasteiger charge is 2.13. The number of hydrogen-bond donors (Lipinski definition) is 2. The maximum absolute atomic E-state index is 12.3. The van der Waals surface area contributed by atoms with Crippen LogP contribution in [0.5, 0.6) is 0 Å². The topological polar surface area (TPSA) is 103 Å². The van der Waals surface area contributed by atoms with Gasteiger partial charge in [0.2, 0.25) is 0 Å². The van der Waals surface area contributed by atoms with E-state index in [4.69, 9.17) is 4.74 Å². The van der Waals surface area contributed by atoms with Gasteiger partial charge in [0.05, 0.1) is 18.8 Å². The van der Waals surface area contributed by atoms with Gasteiger partial charge < -0.3 is 15.4 Å². The van der Waals surface area contributed by atoms with Gasteiger partial charge in [-0.15, -0.1) is 0 Å². The van der Waals surface area contributed by atoms with E-state index in [2.05, 4.69) is 41.8 Å². The summed E-state index contributed by atoms with van der Waals surface area (Å²) in [6, 6.07) is 14.2. The minimum atomic E-state index is -0.357. The Morgan fingerprint density at radius 2 is 1.53 bits per heavy atom. The first-order valence-electron chi connectivity index (χ1n) is 9.58. The Hall–Kier alpha value is -3.46. The SMILES string of the molecule is COCCn1nnn(-c2ccc(NC(=O)Nc3ccc(C(C)(C)C)cc3)cc2)c1=O. The fourth-order valence-electron chi connectivity index (χ4n) is 2.79. The zero-order valence-electron chi connectivity index (χ0n) is 17.5. The second-order valence-electron chi connectivity index (χ2n) is 7.84. The third-order valence-corrected chi connectivity index (χ3v) is 4.53. The number of nitrogens with zero attached hydrogens (tertiary/aromatic N) is 4. The lowest BCUT2D eigenvalue weighted by Crippen LogP contribution is -2.25. The Morgan fingerprint density at radius 1 is 0.967 bits per heavy atom. The van der Waals surface area contributed by atoms with Crippen LogP contribution in [0, 0.1) is 0 Å². The number of rotatable bonds is 6. The average Bonchev–Trinajstić information content (AvgIpc) is 3.07. The Morgan fingerprint density at radius 3 is 2.07 bits per heavy atom. The largest absolute Gasteiger partial charge is 0.383 e. The van der Waals surface area contributed by atoms with Gasteiger partial charge in [-0.2, -0.15) is 9.36 Å². The number of hydrogen-bond acceptors (Lipinski definition) is 5. The third-order valence-electron chi connectivity index (χ3n) is 4.53. The molecule has 0 aliphatic heterocycles. The molecule has 2 N–H and O–H groups in total. The molecule has 0 aliphatic carbocycles. The van der Waals surface area contributed by atoms with Crippen molar-refractivity contribution in [3.8, 4) is 5.69 Å². The van der Waals surface area contributed by atoms with E-state index in [9.17, 15) is 9.59 Å². The Kier molecular flexibility index (Phi) is 6.31. The van der Waals surface area contributed by atoms with Crippen LogP contribution < -0.4 is 16.3 Å². The number of methoxy groups -OCH3 is 1. The number of amides is 2. The van der Waals surface area contributed by atoms with Crippen molar-refractivity contribution in [1.29, 1.82) is 0 Å². The molecule has 30 heavy (non-hydrogen) atoms. The first kappa shape index (κ1) is 21.3. The maximum Gasteiger partial charge on any atom is 0.368 e. The molecule has 158 valence electrons. The summed E-state index contributed by atoms with van der Waals surface area (Å²) in [5, 5.41) is 13.3. The predicted molar refractivity (Wildman–Crippen MR) is 115 cm³/mol. The predicted octanol–water partition coefficient (Wildman–Crippen LogP) is 3.02. The molecule has 1 aromatic heterocycles. The van der Waals surface area contributed by atoms with Crippen molar-refractivity contribution in [3.63, 3.8) is 0 Å². The van der Waals surface area contributed by atoms with Crippen LogP contribution in [0.2, 0.25) is 0 Å². The second kappa shape index (κ2) is 8.91. The van der Waals surface area contributed by atoms with Crippen molar-refractivity contribution in [2.24, 2.45) is 0 Å². The summed E-state index contributed by atoms with van der Waals surface area (Å²) in [6.45, 7) is 7.11. The summed E-state index contributed by atoms with van der Waals surface area (Å²) in [5.41, 5.74) is 2.73. The molecule has 0 aliphatic rings. The molecule has 0 spiro atoms. The number of nitrogens with one attached hydrogen (secondary N) is 2. The van der Waals surface area contributed by atoms with E-state index in [1.165, 1.54) is 14.9 Å². The highest BCUT2D eigenvalue weighted by atomic mass is 16.5. The molecule has 0 saturated carbocycles. The lowest BCUT2D eigenvalue weighted by molar-refractivity contribution is 0.181. The van der Waals surface area contributed by atoms with Crippen LogP contribution in [0.15, 0.2) is 53.3 Å². The molecule has 0 saturated heterocycles. The number of carbonyl (C=O) groups is 1. The van der Waals surface area contributed by atoms with Crippen LogP contribution in [0.1, 0.15) is 26.3 Å². The van der Waals surface area contributed by atoms with Crippen molar-refractivity contribution in [2.75, 3.05) is 24.4 Å². The van der Waals surface area contributed by atoms with E-state index < -0.39 is 0 Å². The number of ether oxygens (including phenoxy) is 1. The van der Waals surface area contributed by atoms with Gasteiger partial charge in [0.25, 0.3) is 0 Å². The molecule has 0 fully saturated rings. The second-order valence-corrected chi connectivity index (χ2v) is 7.84. The van der Waals surface area contributed by atoms with Gasteiger partial charge in [-0.05, 0) is 57.8 Å². The van der Waals surface area contributed by atoms with E-state index in [-0.39, 0.29) is 17.1 Å². The molecule has 3 aromatic rings. The van der Waals surface area contributed by atoms with Gasteiger partial charge in [0.15, 0.2) is 0 Å². The summed E-state index contributed by atoms with van der Waals surface area (Å²) < 4.78 is 7.37. The van der Waals surface area contributed by atoms with Crippen molar-refractivity contribution < 1.29 is 9.53 Å². The Balaban J connectivity index is 1.62. The van der Waals surface area contributed by atoms with E-state index >= 15 is 0 Å². The van der Waals surface area contributed by atoms with Crippen LogP contribution in [0.25, 0.3) is 5.69 Å². The van der Waals surface area contributed by atoms with E-state index in [0.717, 1.165) is 0 Å². The van der Waals surface area contributed by atoms with Gasteiger partial charge >= 0.3 is 11.7 Å². The first-order chi connectivity index (χ1) is 14.3. The molecule has 2 amide bonds. The third kappa shape index (κ3) is 5.12. The summed E-state index contributed by atoms with van der Waals surface area (Å²) in [7, 11) is 1.55. The summed E-state index contributed by atoms with van der Waals surface area (Å²) >= 11 is 0. The van der Waals surface area contributed by atoms with E-state index in [0.29, 0.717) is 30.2 Å². The van der Waals surface area contributed by atoms with Crippen LogP contribution >= 0.6 is 0 Å². The molecule has 0 bridgehead atoms. The number of benzene rings is 2. The molecule has 0 unspecified atom stereocenters. The smallest absolute Gasteiger partial charge is 0.368 e. The van der Waals surface area contributed by atoms with Crippen molar-refractivity contribution >= 4 is 17.4 Å². The van der Waals surface area contributed by atoms with E-state index in [1.807, 2.05) is 24.3 Å². The molecule has 3 rings (SSSR count). The fourth-order valence-corrected chi connectivity index (χ4v) is 2.79. The van der Waals surface area contributed by atoms with Crippen LogP contribution in [0.3, 0.4) is 0 Å². The molecule has 1 heterocycles. The number of anilines is 2. The van der Waals surface area contributed by atoms with Crippen molar-refractivity contribution in [3.05, 3.63) is 64.6 Å².